The first kappa shape index (κ1) is 17.9. The maximum absolute atomic E-state index is 12.9. The normalized spacial score (nSPS) is 18.3. The van der Waals surface area contributed by atoms with Gasteiger partial charge in [0, 0.05) is 24.9 Å². The molecule has 0 amide bonds. The van der Waals surface area contributed by atoms with Gasteiger partial charge in [-0.15, -0.1) is 11.8 Å². The van der Waals surface area contributed by atoms with Crippen LogP contribution in [0.3, 0.4) is 0 Å². The van der Waals surface area contributed by atoms with E-state index in [1.807, 2.05) is 30.3 Å². The second kappa shape index (κ2) is 7.52. The Kier molecular flexibility index (Phi) is 5.38. The average Bonchev–Trinajstić information content (AvgIpc) is 3.10. The number of hydrogen-bond donors (Lipinski definition) is 1. The van der Waals surface area contributed by atoms with Crippen molar-refractivity contribution in [2.45, 2.75) is 16.1 Å². The van der Waals surface area contributed by atoms with Crippen LogP contribution in [0.25, 0.3) is 0 Å². The molecule has 7 nitrogen and oxygen atoms in total. The van der Waals surface area contributed by atoms with Gasteiger partial charge in [-0.1, -0.05) is 42.5 Å². The summed E-state index contributed by atoms with van der Waals surface area (Å²) in [5, 5.41) is 14.3. The van der Waals surface area contributed by atoms with Crippen LogP contribution in [-0.2, 0) is 15.8 Å². The fourth-order valence-corrected chi connectivity index (χ4v) is 5.75. The van der Waals surface area contributed by atoms with Gasteiger partial charge in [0.15, 0.2) is 4.90 Å². The fourth-order valence-electron chi connectivity index (χ4n) is 2.61. The van der Waals surface area contributed by atoms with Crippen LogP contribution in [0.15, 0.2) is 59.5 Å². The summed E-state index contributed by atoms with van der Waals surface area (Å²) in [5.74, 6) is 0.640. The van der Waals surface area contributed by atoms with Gasteiger partial charge in [-0.25, -0.2) is 8.42 Å². The zero-order valence-corrected chi connectivity index (χ0v) is 14.9. The molecule has 1 aliphatic rings. The van der Waals surface area contributed by atoms with Crippen molar-refractivity contribution in [2.75, 3.05) is 13.1 Å². The van der Waals surface area contributed by atoms with Gasteiger partial charge < -0.3 is 0 Å². The molecule has 1 atom stereocenters. The van der Waals surface area contributed by atoms with E-state index in [1.54, 1.807) is 0 Å². The Hall–Kier alpha value is -1.94. The molecule has 3 rings (SSSR count). The summed E-state index contributed by atoms with van der Waals surface area (Å²) in [7, 11) is -3.96. The Balaban J connectivity index is 1.83. The molecule has 1 fully saturated rings. The minimum atomic E-state index is -3.96. The number of rotatable bonds is 6. The van der Waals surface area contributed by atoms with E-state index in [4.69, 9.17) is 0 Å². The summed E-state index contributed by atoms with van der Waals surface area (Å²) in [5.41, 5.74) is 0.232. The number of thioether (sulfide) groups is 1. The van der Waals surface area contributed by atoms with Crippen molar-refractivity contribution in [3.63, 3.8) is 0 Å². The number of nitrogens with one attached hydrogen (secondary N) is 1. The molecule has 0 saturated carbocycles. The molecule has 0 radical (unpaired) electrons. The van der Waals surface area contributed by atoms with E-state index in [2.05, 4.69) is 5.32 Å². The van der Waals surface area contributed by atoms with Crippen molar-refractivity contribution in [2.24, 2.45) is 0 Å². The summed E-state index contributed by atoms with van der Waals surface area (Å²) in [6.07, 6.45) is 0. The molecule has 1 aliphatic heterocycles. The summed E-state index contributed by atoms with van der Waals surface area (Å²) >= 11 is 1.45. The highest BCUT2D eigenvalue weighted by atomic mass is 32.2. The van der Waals surface area contributed by atoms with Gasteiger partial charge in [0.2, 0.25) is 0 Å². The van der Waals surface area contributed by atoms with Gasteiger partial charge >= 0.3 is 0 Å². The molecule has 1 N–H and O–H groups in total. The van der Waals surface area contributed by atoms with Gasteiger partial charge in [0.05, 0.1) is 4.92 Å². The van der Waals surface area contributed by atoms with E-state index in [9.17, 15) is 18.5 Å². The molecule has 2 aromatic rings. The van der Waals surface area contributed by atoms with E-state index in [0.717, 1.165) is 5.56 Å². The zero-order valence-electron chi connectivity index (χ0n) is 13.2. The van der Waals surface area contributed by atoms with E-state index in [0.29, 0.717) is 12.3 Å². The quantitative estimate of drug-likeness (QED) is 0.612. The standard InChI is InChI=1S/C16H17N3O4S2/c20-19(21)14-8-4-5-9-15(14)25(22,23)18-11-10-17-16(18)24-12-13-6-2-1-3-7-13/h1-9,16-17H,10-12H2. The third-order valence-corrected chi connectivity index (χ3v) is 7.09. The molecular formula is C16H17N3O4S2. The molecule has 1 heterocycles. The topological polar surface area (TPSA) is 92.5 Å². The van der Waals surface area contributed by atoms with Crippen molar-refractivity contribution < 1.29 is 13.3 Å². The van der Waals surface area contributed by atoms with Crippen molar-refractivity contribution in [1.29, 1.82) is 0 Å². The third-order valence-electron chi connectivity index (χ3n) is 3.81. The first-order valence-electron chi connectivity index (χ1n) is 7.64. The van der Waals surface area contributed by atoms with Crippen molar-refractivity contribution in [3.8, 4) is 0 Å². The Morgan fingerprint density at radius 3 is 2.56 bits per heavy atom. The molecule has 0 aliphatic carbocycles. The Morgan fingerprint density at radius 2 is 1.84 bits per heavy atom. The highest BCUT2D eigenvalue weighted by molar-refractivity contribution is 8.00. The number of para-hydroxylation sites is 1. The largest absolute Gasteiger partial charge is 0.291 e. The number of nitro benzene ring substituents is 1. The maximum Gasteiger partial charge on any atom is 0.289 e. The van der Waals surface area contributed by atoms with Crippen LogP contribution < -0.4 is 5.32 Å². The zero-order chi connectivity index (χ0) is 17.9. The van der Waals surface area contributed by atoms with Gasteiger partial charge in [0.25, 0.3) is 15.7 Å². The SMILES string of the molecule is O=[N+]([O-])c1ccccc1S(=O)(=O)N1CCNC1SCc1ccccc1. The minimum absolute atomic E-state index is 0.269. The number of benzene rings is 2. The van der Waals surface area contributed by atoms with Crippen LogP contribution >= 0.6 is 11.8 Å². The number of nitrogens with zero attached hydrogens (tertiary/aromatic N) is 2. The second-order valence-corrected chi connectivity index (χ2v) is 8.37. The molecule has 0 spiro atoms. The fraction of sp³-hybridized carbons (Fsp3) is 0.250. The highest BCUT2D eigenvalue weighted by Crippen LogP contribution is 2.31. The van der Waals surface area contributed by atoms with Gasteiger partial charge in [-0.3, -0.25) is 15.4 Å². The first-order valence-corrected chi connectivity index (χ1v) is 10.1. The van der Waals surface area contributed by atoms with E-state index < -0.39 is 26.1 Å². The molecule has 132 valence electrons. The summed E-state index contributed by atoms with van der Waals surface area (Å²) < 4.78 is 27.2. The molecule has 0 aromatic heterocycles. The molecular weight excluding hydrogens is 362 g/mol. The van der Waals surface area contributed by atoms with Crippen molar-refractivity contribution >= 4 is 27.5 Å². The Morgan fingerprint density at radius 1 is 1.16 bits per heavy atom. The van der Waals surface area contributed by atoms with Crippen LogP contribution in [0, 0.1) is 10.1 Å². The van der Waals surface area contributed by atoms with Gasteiger partial charge in [-0.2, -0.15) is 4.31 Å². The lowest BCUT2D eigenvalue weighted by Gasteiger charge is -2.23. The predicted molar refractivity (Wildman–Crippen MR) is 96.5 cm³/mol. The summed E-state index contributed by atoms with van der Waals surface area (Å²) in [6.45, 7) is 0.785. The number of sulfonamides is 1. The van der Waals surface area contributed by atoms with Crippen LogP contribution in [0.5, 0.6) is 0 Å². The van der Waals surface area contributed by atoms with E-state index in [-0.39, 0.29) is 11.4 Å². The van der Waals surface area contributed by atoms with Crippen molar-refractivity contribution in [1.82, 2.24) is 9.62 Å². The predicted octanol–water partition coefficient (Wildman–Crippen LogP) is 2.41. The molecule has 9 heteroatoms. The lowest BCUT2D eigenvalue weighted by molar-refractivity contribution is -0.387. The smallest absolute Gasteiger partial charge is 0.289 e. The minimum Gasteiger partial charge on any atom is -0.291 e. The average molecular weight is 379 g/mol. The second-order valence-electron chi connectivity index (χ2n) is 5.44. The van der Waals surface area contributed by atoms with E-state index >= 15 is 0 Å². The number of hydrogen-bond acceptors (Lipinski definition) is 6. The highest BCUT2D eigenvalue weighted by Gasteiger charge is 2.38. The van der Waals surface area contributed by atoms with Crippen LogP contribution in [0.1, 0.15) is 5.56 Å². The first-order chi connectivity index (χ1) is 12.0. The van der Waals surface area contributed by atoms with Crippen LogP contribution in [0.4, 0.5) is 5.69 Å². The lowest BCUT2D eigenvalue weighted by atomic mass is 10.2. The lowest BCUT2D eigenvalue weighted by Crippen LogP contribution is -2.38. The number of nitro groups is 1. The molecule has 0 bridgehead atoms. The van der Waals surface area contributed by atoms with E-state index in [1.165, 1.54) is 40.3 Å². The molecule has 1 saturated heterocycles. The third kappa shape index (κ3) is 3.84. The summed E-state index contributed by atoms with van der Waals surface area (Å²) in [6, 6.07) is 15.2. The van der Waals surface area contributed by atoms with Gasteiger partial charge in [-0.05, 0) is 11.6 Å². The van der Waals surface area contributed by atoms with Crippen LogP contribution in [-0.4, -0.2) is 36.2 Å². The summed E-state index contributed by atoms with van der Waals surface area (Å²) in [4.78, 5) is 10.2. The molecule has 1 unspecified atom stereocenters. The Bertz CT molecular complexity index is 859. The maximum atomic E-state index is 12.9. The van der Waals surface area contributed by atoms with Crippen LogP contribution in [0.2, 0.25) is 0 Å². The van der Waals surface area contributed by atoms with Crippen molar-refractivity contribution in [3.05, 3.63) is 70.3 Å². The van der Waals surface area contributed by atoms with Gasteiger partial charge in [0.1, 0.15) is 5.50 Å². The molecule has 25 heavy (non-hydrogen) atoms. The Labute approximate surface area is 150 Å². The monoisotopic (exact) mass is 379 g/mol. The molecule has 2 aromatic carbocycles.